The fraction of sp³-hybridized carbons (Fsp3) is 0.370. The average Bonchev–Trinajstić information content (AvgIpc) is 2.83. The molecule has 1 aliphatic carbocycles. The van der Waals surface area contributed by atoms with Gasteiger partial charge in [0.05, 0.1) is 0 Å². The minimum Gasteiger partial charge on any atom is -0.367 e. The first-order chi connectivity index (χ1) is 16.1. The van der Waals surface area contributed by atoms with Crippen molar-refractivity contribution < 1.29 is 9.59 Å². The second-order valence-electron chi connectivity index (χ2n) is 9.18. The van der Waals surface area contributed by atoms with Crippen LogP contribution in [0.3, 0.4) is 0 Å². The van der Waals surface area contributed by atoms with E-state index in [9.17, 15) is 9.59 Å². The summed E-state index contributed by atoms with van der Waals surface area (Å²) < 4.78 is 0. The highest BCUT2D eigenvalue weighted by Crippen LogP contribution is 2.31. The molecule has 5 rings (SSSR count). The van der Waals surface area contributed by atoms with E-state index >= 15 is 0 Å². The molecule has 2 aromatic rings. The molecule has 5 nitrogen and oxygen atoms in total. The Bertz CT molecular complexity index is 1110. The summed E-state index contributed by atoms with van der Waals surface area (Å²) in [5.74, 6) is -0.667. The van der Waals surface area contributed by atoms with Crippen LogP contribution >= 0.6 is 12.2 Å². The zero-order chi connectivity index (χ0) is 22.8. The first kappa shape index (κ1) is 21.8. The van der Waals surface area contributed by atoms with Crippen LogP contribution in [0.2, 0.25) is 0 Å². The number of nitrogens with one attached hydrogen (secondary N) is 1. The lowest BCUT2D eigenvalue weighted by Crippen LogP contribution is -2.57. The van der Waals surface area contributed by atoms with Gasteiger partial charge in [-0.05, 0) is 72.8 Å². The summed E-state index contributed by atoms with van der Waals surface area (Å²) in [4.78, 5) is 30.0. The number of benzene rings is 2. The maximum atomic E-state index is 13.3. The largest absolute Gasteiger partial charge is 0.367 e. The van der Waals surface area contributed by atoms with Crippen LogP contribution in [0.5, 0.6) is 0 Å². The maximum Gasteiger partial charge on any atom is 0.265 e. The minimum absolute atomic E-state index is 0.0813. The number of carbonyl (C=O) groups excluding carboxylic acids is 2. The first-order valence-electron chi connectivity index (χ1n) is 11.9. The molecule has 2 aliphatic heterocycles. The van der Waals surface area contributed by atoms with Crippen molar-refractivity contribution in [1.29, 1.82) is 0 Å². The number of rotatable bonds is 4. The van der Waals surface area contributed by atoms with Crippen molar-refractivity contribution in [3.05, 3.63) is 70.8 Å². The Labute approximate surface area is 200 Å². The van der Waals surface area contributed by atoms with Crippen molar-refractivity contribution in [2.24, 2.45) is 0 Å². The van der Waals surface area contributed by atoms with Crippen LogP contribution in [-0.2, 0) is 22.6 Å². The molecule has 2 aromatic carbocycles. The van der Waals surface area contributed by atoms with Gasteiger partial charge in [0.2, 0.25) is 0 Å². The number of anilines is 1. The van der Waals surface area contributed by atoms with E-state index in [4.69, 9.17) is 12.2 Å². The molecular weight excluding hydrogens is 430 g/mol. The number of hydrogen-bond donors (Lipinski definition) is 1. The Hall–Kier alpha value is -2.99. The third kappa shape index (κ3) is 4.58. The normalized spacial score (nSPS) is 20.7. The molecule has 2 heterocycles. The summed E-state index contributed by atoms with van der Waals surface area (Å²) in [7, 11) is 0. The smallest absolute Gasteiger partial charge is 0.265 e. The number of amides is 2. The van der Waals surface area contributed by atoms with Crippen LogP contribution in [0.1, 0.15) is 55.2 Å². The number of aryl methyl sites for hydroxylation is 1. The number of hydrogen-bond acceptors (Lipinski definition) is 4. The summed E-state index contributed by atoms with van der Waals surface area (Å²) in [5, 5.41) is 2.99. The van der Waals surface area contributed by atoms with E-state index in [2.05, 4.69) is 46.6 Å². The Morgan fingerprint density at radius 1 is 1.00 bits per heavy atom. The second kappa shape index (κ2) is 9.48. The molecule has 2 amide bonds. The number of carbonyl (C=O) groups is 2. The summed E-state index contributed by atoms with van der Waals surface area (Å²) in [6.07, 6.45) is 9.06. The van der Waals surface area contributed by atoms with E-state index in [1.54, 1.807) is 11.0 Å². The molecule has 33 heavy (non-hydrogen) atoms. The molecule has 0 atom stereocenters. The van der Waals surface area contributed by atoms with Gasteiger partial charge >= 0.3 is 0 Å². The molecule has 0 bridgehead atoms. The maximum absolute atomic E-state index is 13.3. The van der Waals surface area contributed by atoms with Gasteiger partial charge in [0, 0.05) is 24.8 Å². The predicted molar refractivity (Wildman–Crippen MR) is 135 cm³/mol. The Balaban J connectivity index is 1.40. The van der Waals surface area contributed by atoms with Gasteiger partial charge in [-0.1, -0.05) is 55.7 Å². The first-order valence-corrected chi connectivity index (χ1v) is 12.3. The number of fused-ring (bicyclic) bond motifs is 1. The predicted octanol–water partition coefficient (Wildman–Crippen LogP) is 4.60. The summed E-state index contributed by atoms with van der Waals surface area (Å²) >= 11 is 5.37. The zero-order valence-electron chi connectivity index (χ0n) is 18.8. The third-order valence-corrected chi connectivity index (χ3v) is 7.22. The molecule has 2 fully saturated rings. The molecule has 6 heteroatoms. The topological polar surface area (TPSA) is 52.7 Å². The second-order valence-corrected chi connectivity index (χ2v) is 9.57. The fourth-order valence-electron chi connectivity index (χ4n) is 5.26. The van der Waals surface area contributed by atoms with E-state index in [0.717, 1.165) is 57.2 Å². The quantitative estimate of drug-likeness (QED) is 0.413. The SMILES string of the molecule is O=C1NC(=S)N(C2CCCCC2)C(=O)C1=Cc1ccc2c(c1)CCCN2Cc1ccccc1. The van der Waals surface area contributed by atoms with Gasteiger partial charge in [0.15, 0.2) is 5.11 Å². The highest BCUT2D eigenvalue weighted by atomic mass is 32.1. The van der Waals surface area contributed by atoms with E-state index in [0.29, 0.717) is 0 Å². The zero-order valence-corrected chi connectivity index (χ0v) is 19.6. The van der Waals surface area contributed by atoms with Gasteiger partial charge in [-0.3, -0.25) is 19.8 Å². The van der Waals surface area contributed by atoms with Crippen molar-refractivity contribution >= 4 is 40.9 Å². The van der Waals surface area contributed by atoms with Gasteiger partial charge in [-0.15, -0.1) is 0 Å². The molecule has 1 saturated carbocycles. The van der Waals surface area contributed by atoms with Gasteiger partial charge in [-0.25, -0.2) is 0 Å². The third-order valence-electron chi connectivity index (χ3n) is 6.92. The van der Waals surface area contributed by atoms with Crippen molar-refractivity contribution in [3.63, 3.8) is 0 Å². The summed E-state index contributed by atoms with van der Waals surface area (Å²) in [5.41, 5.74) is 4.84. The van der Waals surface area contributed by atoms with E-state index < -0.39 is 5.91 Å². The fourth-order valence-corrected chi connectivity index (χ4v) is 5.59. The molecule has 0 radical (unpaired) electrons. The highest BCUT2D eigenvalue weighted by molar-refractivity contribution is 7.80. The average molecular weight is 460 g/mol. The lowest BCUT2D eigenvalue weighted by Gasteiger charge is -2.37. The van der Waals surface area contributed by atoms with Crippen LogP contribution in [0.25, 0.3) is 6.08 Å². The standard InChI is InChI=1S/C27H29N3O2S/c31-25-23(26(32)30(27(33)28-25)22-11-5-2-6-12-22)17-20-13-14-24-21(16-20)10-7-15-29(24)18-19-8-3-1-4-9-19/h1,3-4,8-9,13-14,16-17,22H,2,5-7,10-12,15,18H2,(H,28,31,33). The molecule has 0 aromatic heterocycles. The van der Waals surface area contributed by atoms with Crippen LogP contribution in [0.4, 0.5) is 5.69 Å². The monoisotopic (exact) mass is 459 g/mol. The Morgan fingerprint density at radius 2 is 1.79 bits per heavy atom. The van der Waals surface area contributed by atoms with Gasteiger partial charge in [0.25, 0.3) is 11.8 Å². The lowest BCUT2D eigenvalue weighted by atomic mass is 9.93. The van der Waals surface area contributed by atoms with Crippen LogP contribution in [0, 0.1) is 0 Å². The molecule has 3 aliphatic rings. The molecule has 0 spiro atoms. The minimum atomic E-state index is -0.402. The van der Waals surface area contributed by atoms with Gasteiger partial charge in [-0.2, -0.15) is 0 Å². The molecule has 1 N–H and O–H groups in total. The number of thiocarbonyl (C=S) groups is 1. The van der Waals surface area contributed by atoms with Crippen molar-refractivity contribution in [2.75, 3.05) is 11.4 Å². The molecule has 170 valence electrons. The van der Waals surface area contributed by atoms with E-state index in [1.165, 1.54) is 23.2 Å². The van der Waals surface area contributed by atoms with E-state index in [1.807, 2.05) is 12.1 Å². The van der Waals surface area contributed by atoms with Gasteiger partial charge < -0.3 is 4.90 Å². The molecule has 0 unspecified atom stereocenters. The van der Waals surface area contributed by atoms with E-state index in [-0.39, 0.29) is 22.6 Å². The van der Waals surface area contributed by atoms with Crippen LogP contribution < -0.4 is 10.2 Å². The highest BCUT2D eigenvalue weighted by Gasteiger charge is 2.38. The summed E-state index contributed by atoms with van der Waals surface area (Å²) in [6.45, 7) is 1.90. The van der Waals surface area contributed by atoms with Crippen molar-refractivity contribution in [2.45, 2.75) is 57.5 Å². The Kier molecular flexibility index (Phi) is 6.27. The lowest BCUT2D eigenvalue weighted by molar-refractivity contribution is -0.130. The van der Waals surface area contributed by atoms with Crippen molar-refractivity contribution in [3.8, 4) is 0 Å². The Morgan fingerprint density at radius 3 is 2.58 bits per heavy atom. The van der Waals surface area contributed by atoms with Crippen molar-refractivity contribution in [1.82, 2.24) is 10.2 Å². The molecule has 1 saturated heterocycles. The van der Waals surface area contributed by atoms with Crippen LogP contribution in [0.15, 0.2) is 54.1 Å². The van der Waals surface area contributed by atoms with Gasteiger partial charge in [0.1, 0.15) is 5.57 Å². The van der Waals surface area contributed by atoms with Crippen LogP contribution in [-0.4, -0.2) is 34.4 Å². The molecular formula is C27H29N3O2S. The summed E-state index contributed by atoms with van der Waals surface area (Å²) in [6, 6.07) is 16.8. The number of nitrogens with zero attached hydrogens (tertiary/aromatic N) is 2.